The molecule has 0 spiro atoms. The van der Waals surface area contributed by atoms with E-state index in [1.54, 1.807) is 0 Å². The lowest BCUT2D eigenvalue weighted by Crippen LogP contribution is -2.41. The van der Waals surface area contributed by atoms with Crippen LogP contribution < -0.4 is 0 Å². The summed E-state index contributed by atoms with van der Waals surface area (Å²) in [5.41, 5.74) is 0.923. The van der Waals surface area contributed by atoms with Crippen molar-refractivity contribution in [1.29, 1.82) is 0 Å². The largest absolute Gasteiger partial charge is 0.417 e. The van der Waals surface area contributed by atoms with Crippen molar-refractivity contribution in [2.45, 2.75) is 161 Å². The predicted octanol–water partition coefficient (Wildman–Crippen LogP) is 8.93. The quantitative estimate of drug-likeness (QED) is 0.0617. The van der Waals surface area contributed by atoms with Crippen LogP contribution in [-0.4, -0.2) is 72.1 Å². The maximum atomic E-state index is 10.1. The van der Waals surface area contributed by atoms with E-state index in [9.17, 15) is 10.1 Å². The van der Waals surface area contributed by atoms with Crippen molar-refractivity contribution < 1.29 is 32.5 Å². The van der Waals surface area contributed by atoms with Crippen molar-refractivity contribution in [1.82, 2.24) is 5.16 Å². The molecule has 0 N–H and O–H groups in total. The Morgan fingerprint density at radius 3 is 2.06 bits per heavy atom. The van der Waals surface area contributed by atoms with Crippen LogP contribution in [0.5, 0.6) is 0 Å². The van der Waals surface area contributed by atoms with Crippen LogP contribution in [0, 0.1) is 22.5 Å². The van der Waals surface area contributed by atoms with E-state index in [1.165, 1.54) is 32.1 Å². The molecule has 0 radical (unpaired) electrons. The first-order valence-electron chi connectivity index (χ1n) is 17.5. The number of ether oxygens (including phenoxy) is 3. The molecule has 1 aliphatic heterocycles. The number of hydrogen-bond acceptors (Lipinski definition) is 9. The summed E-state index contributed by atoms with van der Waals surface area (Å²) in [6.45, 7) is 25.0. The van der Waals surface area contributed by atoms with Gasteiger partial charge in [-0.15, -0.1) is 6.42 Å². The molecule has 1 saturated carbocycles. The van der Waals surface area contributed by atoms with Gasteiger partial charge in [-0.3, -0.25) is 10.1 Å². The molecular formula is C35H66N2O8Si2. The smallest absolute Gasteiger partial charge is 0.206 e. The molecule has 1 saturated heterocycles. The molecule has 272 valence electrons. The van der Waals surface area contributed by atoms with Crippen LogP contribution in [-0.2, 0) is 36.1 Å². The zero-order chi connectivity index (χ0) is 35.6. The van der Waals surface area contributed by atoms with E-state index in [0.717, 1.165) is 43.7 Å². The molecule has 1 aromatic rings. The van der Waals surface area contributed by atoms with Gasteiger partial charge in [-0.2, -0.15) is 0 Å². The molecule has 1 unspecified atom stereocenters. The van der Waals surface area contributed by atoms with Gasteiger partial charge in [0.15, 0.2) is 28.7 Å². The van der Waals surface area contributed by atoms with Gasteiger partial charge in [-0.1, -0.05) is 71.9 Å². The van der Waals surface area contributed by atoms with Crippen LogP contribution in [0.4, 0.5) is 0 Å². The number of nitro groups is 1. The topological polar surface area (TPSA) is 115 Å². The Labute approximate surface area is 287 Å². The van der Waals surface area contributed by atoms with Gasteiger partial charge in [0, 0.05) is 43.7 Å². The second-order valence-corrected chi connectivity index (χ2v) is 25.2. The van der Waals surface area contributed by atoms with E-state index in [4.69, 9.17) is 34.0 Å². The Kier molecular flexibility index (Phi) is 19.8. The van der Waals surface area contributed by atoms with Gasteiger partial charge in [0.1, 0.15) is 13.2 Å². The summed E-state index contributed by atoms with van der Waals surface area (Å²) >= 11 is 0. The molecule has 3 rings (SSSR count). The summed E-state index contributed by atoms with van der Waals surface area (Å²) in [4.78, 5) is 9.79. The van der Waals surface area contributed by atoms with Crippen LogP contribution in [0.25, 0.3) is 0 Å². The van der Waals surface area contributed by atoms with E-state index in [2.05, 4.69) is 78.8 Å². The van der Waals surface area contributed by atoms with E-state index in [1.807, 2.05) is 6.07 Å². The normalized spacial score (nSPS) is 17.9. The molecule has 47 heavy (non-hydrogen) atoms. The van der Waals surface area contributed by atoms with Crippen molar-refractivity contribution >= 4 is 16.6 Å². The lowest BCUT2D eigenvalue weighted by molar-refractivity contribution is -0.480. The maximum absolute atomic E-state index is 10.1. The summed E-state index contributed by atoms with van der Waals surface area (Å²) in [6.07, 6.45) is 16.4. The molecule has 2 aliphatic rings. The van der Waals surface area contributed by atoms with Gasteiger partial charge in [-0.25, -0.2) is 0 Å². The SMILES string of the molecule is C#CCOC1CCCCC1.CC(C)(C)[Si](C)(C)OCCC[N+](=O)[O-].CC(C)(C)[Si](C)(C)OCCc1cc(COC2CCCCO2)on1. The van der Waals surface area contributed by atoms with Crippen molar-refractivity contribution in [3.05, 3.63) is 27.6 Å². The first-order valence-corrected chi connectivity index (χ1v) is 23.3. The van der Waals surface area contributed by atoms with Gasteiger partial charge in [0.2, 0.25) is 6.54 Å². The minimum atomic E-state index is -1.70. The highest BCUT2D eigenvalue weighted by Gasteiger charge is 2.37. The van der Waals surface area contributed by atoms with Crippen molar-refractivity contribution in [2.75, 3.05) is 33.0 Å². The van der Waals surface area contributed by atoms with Crippen LogP contribution >= 0.6 is 0 Å². The van der Waals surface area contributed by atoms with E-state index in [-0.39, 0.29) is 27.8 Å². The van der Waals surface area contributed by atoms with Crippen molar-refractivity contribution in [3.63, 3.8) is 0 Å². The third-order valence-corrected chi connectivity index (χ3v) is 18.6. The summed E-state index contributed by atoms with van der Waals surface area (Å²) in [5.74, 6) is 3.24. The summed E-state index contributed by atoms with van der Waals surface area (Å²) < 4.78 is 33.9. The Morgan fingerprint density at radius 1 is 0.936 bits per heavy atom. The summed E-state index contributed by atoms with van der Waals surface area (Å²) in [6, 6.07) is 1.96. The lowest BCUT2D eigenvalue weighted by atomic mass is 9.98. The number of hydrogen-bond donors (Lipinski definition) is 0. The second-order valence-electron chi connectivity index (χ2n) is 15.5. The lowest BCUT2D eigenvalue weighted by Gasteiger charge is -2.36. The third kappa shape index (κ3) is 18.7. The molecule has 1 aromatic heterocycles. The van der Waals surface area contributed by atoms with Crippen LogP contribution in [0.2, 0.25) is 36.3 Å². The minimum absolute atomic E-state index is 0.00855. The number of aromatic nitrogens is 1. The van der Waals surface area contributed by atoms with Crippen LogP contribution in [0.15, 0.2) is 10.6 Å². The first-order chi connectivity index (χ1) is 21.9. The average molecular weight is 699 g/mol. The molecule has 2 fully saturated rings. The van der Waals surface area contributed by atoms with Crippen molar-refractivity contribution in [3.8, 4) is 12.3 Å². The van der Waals surface area contributed by atoms with Gasteiger partial charge in [0.25, 0.3) is 0 Å². The van der Waals surface area contributed by atoms with E-state index in [0.29, 0.717) is 39.0 Å². The maximum Gasteiger partial charge on any atom is 0.206 e. The molecule has 1 aliphatic carbocycles. The fourth-order valence-corrected chi connectivity index (χ4v) is 6.45. The fourth-order valence-electron chi connectivity index (χ4n) is 4.32. The number of rotatable bonds is 14. The average Bonchev–Trinajstić information content (AvgIpc) is 3.45. The predicted molar refractivity (Wildman–Crippen MR) is 193 cm³/mol. The van der Waals surface area contributed by atoms with Crippen LogP contribution in [0.1, 0.15) is 111 Å². The number of terminal acetylenes is 1. The molecule has 0 aromatic carbocycles. The van der Waals surface area contributed by atoms with Gasteiger partial charge in [-0.05, 0) is 68.4 Å². The van der Waals surface area contributed by atoms with Gasteiger partial charge in [0.05, 0.1) is 11.8 Å². The molecule has 1 atom stereocenters. The minimum Gasteiger partial charge on any atom is -0.417 e. The molecule has 0 amide bonds. The molecular weight excluding hydrogens is 633 g/mol. The molecule has 10 nitrogen and oxygen atoms in total. The Balaban J connectivity index is 0.000000391. The Morgan fingerprint density at radius 2 is 1.53 bits per heavy atom. The highest BCUT2D eigenvalue weighted by molar-refractivity contribution is 6.74. The van der Waals surface area contributed by atoms with Gasteiger partial charge < -0.3 is 27.6 Å². The fraction of sp³-hybridized carbons (Fsp3) is 0.857. The monoisotopic (exact) mass is 698 g/mol. The second kappa shape index (κ2) is 21.5. The third-order valence-electron chi connectivity index (χ3n) is 9.49. The van der Waals surface area contributed by atoms with Crippen molar-refractivity contribution in [2.24, 2.45) is 0 Å². The van der Waals surface area contributed by atoms with Crippen LogP contribution in [0.3, 0.4) is 0 Å². The standard InChI is InChI=1S/C17H31NO4Si.C9H21NO3Si.C9H14O/c1-17(2,3)23(4,5)21-11-9-14-12-15(22-18-14)13-20-16-8-6-7-10-19-16;1-9(2,3)14(4,5)13-8-6-7-10(11)12;1-2-8-10-9-6-4-3-5-7-9/h12,16H,6-11,13H2,1-5H3;6-8H2,1-5H3;1,9H,3-8H2. The van der Waals surface area contributed by atoms with E-state index < -0.39 is 16.6 Å². The molecule has 0 bridgehead atoms. The Hall–Kier alpha value is -1.60. The zero-order valence-corrected chi connectivity index (χ0v) is 33.3. The molecule has 2 heterocycles. The highest BCUT2D eigenvalue weighted by Crippen LogP contribution is 2.37. The summed E-state index contributed by atoms with van der Waals surface area (Å²) in [5, 5.41) is 14.6. The number of nitrogens with zero attached hydrogens (tertiary/aromatic N) is 2. The molecule has 12 heteroatoms. The highest BCUT2D eigenvalue weighted by atomic mass is 28.4. The zero-order valence-electron chi connectivity index (χ0n) is 31.3. The summed E-state index contributed by atoms with van der Waals surface area (Å²) in [7, 11) is -3.39. The van der Waals surface area contributed by atoms with Gasteiger partial charge >= 0.3 is 0 Å². The Bertz CT molecular complexity index is 1030. The first kappa shape index (κ1) is 43.4. The van der Waals surface area contributed by atoms with E-state index >= 15 is 0 Å².